The van der Waals surface area contributed by atoms with Gasteiger partial charge < -0.3 is 9.80 Å². The van der Waals surface area contributed by atoms with Crippen LogP contribution in [0.2, 0.25) is 5.02 Å². The van der Waals surface area contributed by atoms with E-state index < -0.39 is 24.1 Å². The Morgan fingerprint density at radius 2 is 1.88 bits per heavy atom. The van der Waals surface area contributed by atoms with Gasteiger partial charge in [0.1, 0.15) is 24.3 Å². The summed E-state index contributed by atoms with van der Waals surface area (Å²) in [6.45, 7) is 3.42. The van der Waals surface area contributed by atoms with Crippen LogP contribution in [0.4, 0.5) is 14.9 Å². The molecule has 3 atom stereocenters. The van der Waals surface area contributed by atoms with Gasteiger partial charge in [0.2, 0.25) is 0 Å². The fourth-order valence-electron chi connectivity index (χ4n) is 4.91. The molecule has 3 aliphatic heterocycles. The molecule has 3 heterocycles. The molecule has 3 unspecified atom stereocenters. The van der Waals surface area contributed by atoms with Crippen LogP contribution in [-0.4, -0.2) is 65.3 Å². The molecule has 1 N–H and O–H groups in total. The number of likely N-dealkylation sites (N-methyl/N-ethyl adjacent to an activating group) is 1. The van der Waals surface area contributed by atoms with Gasteiger partial charge in [-0.15, -0.1) is 0 Å². The van der Waals surface area contributed by atoms with E-state index in [1.165, 1.54) is 22.6 Å². The summed E-state index contributed by atoms with van der Waals surface area (Å²) >= 11 is 6.17. The van der Waals surface area contributed by atoms with E-state index in [0.29, 0.717) is 0 Å². The van der Waals surface area contributed by atoms with Crippen LogP contribution in [0.5, 0.6) is 0 Å². The van der Waals surface area contributed by atoms with Gasteiger partial charge in [0, 0.05) is 36.4 Å². The molecule has 0 spiro atoms. The van der Waals surface area contributed by atoms with Crippen molar-refractivity contribution in [2.75, 3.05) is 25.0 Å². The van der Waals surface area contributed by atoms with E-state index in [1.807, 2.05) is 6.92 Å². The Morgan fingerprint density at radius 1 is 1.12 bits per heavy atom. The third-order valence-electron chi connectivity index (χ3n) is 6.61. The number of aryl methyl sites for hydroxylation is 1. The first-order valence-electron chi connectivity index (χ1n) is 10.7. The maximum absolute atomic E-state index is 14.4. The Hall–Kier alpha value is -2.68. The van der Waals surface area contributed by atoms with Gasteiger partial charge in [-0.2, -0.15) is 0 Å². The maximum atomic E-state index is 14.4. The Kier molecular flexibility index (Phi) is 5.31. The lowest BCUT2D eigenvalue weighted by Crippen LogP contribution is -2.66. The first-order valence-corrected chi connectivity index (χ1v) is 11.1. The predicted octanol–water partition coefficient (Wildman–Crippen LogP) is 2.98. The highest BCUT2D eigenvalue weighted by molar-refractivity contribution is 6.31. The standard InChI is InChI=1S/C23H25ClFN5O2/c1-14-7-9-15(10-8-14)28-11-4-12-29-19-20(26-22(28)29)27(2)23(32)30(21(19)31)13-16-17(24)5-3-6-18(16)25/h3,5-10,19-20,22,26H,4,11-13H2,1-2H3. The molecule has 0 radical (unpaired) electrons. The smallest absolute Gasteiger partial charge is 0.328 e. The first-order chi connectivity index (χ1) is 15.4. The van der Waals surface area contributed by atoms with Crippen molar-refractivity contribution in [1.29, 1.82) is 0 Å². The van der Waals surface area contributed by atoms with E-state index in [2.05, 4.69) is 39.4 Å². The summed E-state index contributed by atoms with van der Waals surface area (Å²) in [6.07, 6.45) is 0.218. The summed E-state index contributed by atoms with van der Waals surface area (Å²) in [5.41, 5.74) is 2.39. The van der Waals surface area contributed by atoms with Crippen LogP contribution in [0, 0.1) is 12.7 Å². The summed E-state index contributed by atoms with van der Waals surface area (Å²) in [6, 6.07) is 11.6. The minimum Gasteiger partial charge on any atom is -0.343 e. The molecule has 2 aromatic rings. The molecule has 0 saturated carbocycles. The summed E-state index contributed by atoms with van der Waals surface area (Å²) in [5.74, 6) is -0.869. The number of hydrogen-bond donors (Lipinski definition) is 1. The molecular formula is C23H25ClFN5O2. The molecule has 32 heavy (non-hydrogen) atoms. The van der Waals surface area contributed by atoms with Crippen LogP contribution in [0.3, 0.4) is 0 Å². The van der Waals surface area contributed by atoms with Gasteiger partial charge in [0.05, 0.1) is 6.54 Å². The normalized spacial score (nSPS) is 25.9. The van der Waals surface area contributed by atoms with Gasteiger partial charge in [-0.1, -0.05) is 35.4 Å². The van der Waals surface area contributed by atoms with Gasteiger partial charge >= 0.3 is 6.03 Å². The van der Waals surface area contributed by atoms with E-state index >= 15 is 0 Å². The lowest BCUT2D eigenvalue weighted by Gasteiger charge is -2.44. The number of nitrogens with zero attached hydrogens (tertiary/aromatic N) is 4. The quantitative estimate of drug-likeness (QED) is 0.768. The number of rotatable bonds is 3. The van der Waals surface area contributed by atoms with E-state index in [1.54, 1.807) is 13.1 Å². The van der Waals surface area contributed by atoms with Crippen LogP contribution in [0.15, 0.2) is 42.5 Å². The predicted molar refractivity (Wildman–Crippen MR) is 119 cm³/mol. The Labute approximate surface area is 191 Å². The SMILES string of the molecule is Cc1ccc(N2CCCN3C4C(=O)N(Cc5c(F)cccc5Cl)C(=O)N(C)C4NC23)cc1. The molecular weight excluding hydrogens is 433 g/mol. The van der Waals surface area contributed by atoms with Crippen molar-refractivity contribution in [2.45, 2.75) is 38.4 Å². The molecule has 3 saturated heterocycles. The number of carbonyl (C=O) groups excluding carboxylic acids is 2. The van der Waals surface area contributed by atoms with E-state index in [-0.39, 0.29) is 29.3 Å². The van der Waals surface area contributed by atoms with Gasteiger partial charge in [-0.25, -0.2) is 9.18 Å². The number of amides is 3. The number of carbonyl (C=O) groups is 2. The van der Waals surface area contributed by atoms with Crippen LogP contribution in [-0.2, 0) is 11.3 Å². The minimum atomic E-state index is -0.554. The van der Waals surface area contributed by atoms with Gasteiger partial charge in [-0.3, -0.25) is 19.9 Å². The third kappa shape index (κ3) is 3.34. The Bertz CT molecular complexity index is 1040. The lowest BCUT2D eigenvalue weighted by molar-refractivity contribution is -0.139. The second kappa shape index (κ2) is 8.03. The monoisotopic (exact) mass is 457 g/mol. The summed E-state index contributed by atoms with van der Waals surface area (Å²) in [4.78, 5) is 33.6. The number of halogens is 2. The molecule has 7 nitrogen and oxygen atoms in total. The summed E-state index contributed by atoms with van der Waals surface area (Å²) in [7, 11) is 1.67. The van der Waals surface area contributed by atoms with E-state index in [4.69, 9.17) is 11.6 Å². The molecule has 0 bridgehead atoms. The maximum Gasteiger partial charge on any atom is 0.328 e. The highest BCUT2D eigenvalue weighted by Crippen LogP contribution is 2.34. The highest BCUT2D eigenvalue weighted by atomic mass is 35.5. The molecule has 0 aromatic heterocycles. The number of anilines is 1. The number of imide groups is 1. The van der Waals surface area contributed by atoms with Crippen molar-refractivity contribution in [3.63, 3.8) is 0 Å². The second-order valence-corrected chi connectivity index (χ2v) is 8.98. The fraction of sp³-hybridized carbons (Fsp3) is 0.391. The van der Waals surface area contributed by atoms with Gasteiger partial charge in [0.25, 0.3) is 5.91 Å². The molecule has 3 fully saturated rings. The van der Waals surface area contributed by atoms with Gasteiger partial charge in [-0.05, 0) is 37.6 Å². The molecule has 9 heteroatoms. The van der Waals surface area contributed by atoms with Crippen molar-refractivity contribution in [1.82, 2.24) is 20.0 Å². The Balaban J connectivity index is 1.45. The van der Waals surface area contributed by atoms with Crippen LogP contribution >= 0.6 is 11.6 Å². The molecule has 5 rings (SSSR count). The van der Waals surface area contributed by atoms with Gasteiger partial charge in [0.15, 0.2) is 0 Å². The largest absolute Gasteiger partial charge is 0.343 e. The van der Waals surface area contributed by atoms with Crippen molar-refractivity contribution in [3.05, 3.63) is 64.4 Å². The van der Waals surface area contributed by atoms with Crippen LogP contribution in [0.25, 0.3) is 0 Å². The topological polar surface area (TPSA) is 59.1 Å². The average Bonchev–Trinajstić information content (AvgIpc) is 3.17. The molecule has 3 aliphatic rings. The minimum absolute atomic E-state index is 0.144. The van der Waals surface area contributed by atoms with Crippen molar-refractivity contribution in [3.8, 4) is 0 Å². The molecule has 0 aliphatic carbocycles. The highest BCUT2D eigenvalue weighted by Gasteiger charge is 2.56. The summed E-state index contributed by atoms with van der Waals surface area (Å²) < 4.78 is 14.4. The Morgan fingerprint density at radius 3 is 2.59 bits per heavy atom. The number of fused-ring (bicyclic) bond motifs is 3. The van der Waals surface area contributed by atoms with E-state index in [9.17, 15) is 14.0 Å². The van der Waals surface area contributed by atoms with Crippen molar-refractivity contribution in [2.24, 2.45) is 0 Å². The lowest BCUT2D eigenvalue weighted by atomic mass is 10.1. The van der Waals surface area contributed by atoms with Crippen molar-refractivity contribution >= 4 is 29.2 Å². The van der Waals surface area contributed by atoms with Crippen molar-refractivity contribution < 1.29 is 14.0 Å². The first kappa shape index (κ1) is 21.2. The third-order valence-corrected chi connectivity index (χ3v) is 6.97. The van der Waals surface area contributed by atoms with Crippen LogP contribution in [0.1, 0.15) is 17.5 Å². The zero-order valence-electron chi connectivity index (χ0n) is 18.0. The zero-order valence-corrected chi connectivity index (χ0v) is 18.7. The zero-order chi connectivity index (χ0) is 22.6. The average molecular weight is 458 g/mol. The number of benzene rings is 2. The molecule has 3 amide bonds. The summed E-state index contributed by atoms with van der Waals surface area (Å²) in [5, 5.41) is 3.68. The molecule has 168 valence electrons. The number of nitrogens with one attached hydrogen (secondary N) is 1. The molecule has 2 aromatic carbocycles. The number of urea groups is 1. The van der Waals surface area contributed by atoms with Crippen LogP contribution < -0.4 is 10.2 Å². The second-order valence-electron chi connectivity index (χ2n) is 8.57. The fourth-order valence-corrected chi connectivity index (χ4v) is 5.13. The van der Waals surface area contributed by atoms with E-state index in [0.717, 1.165) is 30.1 Å². The number of hydrogen-bond acceptors (Lipinski definition) is 5.